The predicted octanol–water partition coefficient (Wildman–Crippen LogP) is 1.61. The second-order valence-corrected chi connectivity index (χ2v) is 3.58. The van der Waals surface area contributed by atoms with Gasteiger partial charge < -0.3 is 11.1 Å². The third kappa shape index (κ3) is 4.73. The highest BCUT2D eigenvalue weighted by Gasteiger charge is 2.11. The lowest BCUT2D eigenvalue weighted by Crippen LogP contribution is -2.24. The maximum absolute atomic E-state index is 5.66. The van der Waals surface area contributed by atoms with Gasteiger partial charge in [0.2, 0.25) is 0 Å². The lowest BCUT2D eigenvalue weighted by atomic mass is 9.91. The zero-order valence-electron chi connectivity index (χ0n) is 8.77. The zero-order chi connectivity index (χ0) is 9.40. The molecule has 0 amide bonds. The maximum Gasteiger partial charge on any atom is -0.00235 e. The third-order valence-electron chi connectivity index (χ3n) is 2.65. The molecular formula is C10H24N2. The van der Waals surface area contributed by atoms with E-state index in [1.54, 1.807) is 0 Å². The molecule has 0 aromatic heterocycles. The van der Waals surface area contributed by atoms with Crippen molar-refractivity contribution in [2.75, 3.05) is 20.1 Å². The Balaban J connectivity index is 3.65. The van der Waals surface area contributed by atoms with E-state index >= 15 is 0 Å². The molecule has 0 aromatic carbocycles. The van der Waals surface area contributed by atoms with Gasteiger partial charge >= 0.3 is 0 Å². The summed E-state index contributed by atoms with van der Waals surface area (Å²) in [6.07, 6.45) is 3.76. The molecule has 74 valence electrons. The van der Waals surface area contributed by atoms with Crippen LogP contribution in [0.1, 0.15) is 33.1 Å². The summed E-state index contributed by atoms with van der Waals surface area (Å²) in [5.41, 5.74) is 5.66. The first-order valence-electron chi connectivity index (χ1n) is 5.13. The van der Waals surface area contributed by atoms with E-state index in [0.29, 0.717) is 0 Å². The van der Waals surface area contributed by atoms with Crippen LogP contribution in [0, 0.1) is 11.8 Å². The van der Waals surface area contributed by atoms with Gasteiger partial charge in [0.05, 0.1) is 0 Å². The van der Waals surface area contributed by atoms with Crippen LogP contribution in [0.2, 0.25) is 0 Å². The molecule has 0 aliphatic heterocycles. The van der Waals surface area contributed by atoms with Crippen molar-refractivity contribution in [1.82, 2.24) is 5.32 Å². The Morgan fingerprint density at radius 3 is 2.08 bits per heavy atom. The normalized spacial score (nSPS) is 16.0. The molecule has 0 radical (unpaired) electrons. The zero-order valence-corrected chi connectivity index (χ0v) is 8.77. The number of nitrogens with one attached hydrogen (secondary N) is 1. The van der Waals surface area contributed by atoms with Crippen molar-refractivity contribution in [3.63, 3.8) is 0 Å². The molecule has 0 fully saturated rings. The van der Waals surface area contributed by atoms with Crippen LogP contribution in [-0.2, 0) is 0 Å². The molecule has 2 unspecified atom stereocenters. The molecule has 0 saturated heterocycles. The maximum atomic E-state index is 5.66. The highest BCUT2D eigenvalue weighted by molar-refractivity contribution is 4.66. The van der Waals surface area contributed by atoms with Gasteiger partial charge in [-0.2, -0.15) is 0 Å². The summed E-state index contributed by atoms with van der Waals surface area (Å²) in [7, 11) is 2.02. The first kappa shape index (κ1) is 11.9. The molecule has 2 atom stereocenters. The predicted molar refractivity (Wildman–Crippen MR) is 55.2 cm³/mol. The lowest BCUT2D eigenvalue weighted by molar-refractivity contribution is 0.351. The van der Waals surface area contributed by atoms with E-state index in [1.807, 2.05) is 7.05 Å². The summed E-state index contributed by atoms with van der Waals surface area (Å²) >= 11 is 0. The van der Waals surface area contributed by atoms with Crippen molar-refractivity contribution in [2.24, 2.45) is 17.6 Å². The number of hydrogen-bond donors (Lipinski definition) is 2. The average molecular weight is 172 g/mol. The third-order valence-corrected chi connectivity index (χ3v) is 2.65. The van der Waals surface area contributed by atoms with Gasteiger partial charge in [-0.3, -0.25) is 0 Å². The Hall–Kier alpha value is -0.0800. The monoisotopic (exact) mass is 172 g/mol. The Labute approximate surface area is 76.9 Å². The van der Waals surface area contributed by atoms with E-state index in [1.165, 1.54) is 19.3 Å². The summed E-state index contributed by atoms with van der Waals surface area (Å²) in [4.78, 5) is 0. The van der Waals surface area contributed by atoms with Crippen LogP contribution < -0.4 is 11.1 Å². The minimum atomic E-state index is 0.725. The van der Waals surface area contributed by atoms with Gasteiger partial charge in [-0.05, 0) is 38.4 Å². The summed E-state index contributed by atoms with van der Waals surface area (Å²) in [5.74, 6) is 1.53. The van der Waals surface area contributed by atoms with Crippen LogP contribution in [0.5, 0.6) is 0 Å². The molecule has 2 nitrogen and oxygen atoms in total. The quantitative estimate of drug-likeness (QED) is 0.612. The van der Waals surface area contributed by atoms with Crippen molar-refractivity contribution in [3.8, 4) is 0 Å². The summed E-state index contributed by atoms with van der Waals surface area (Å²) in [6.45, 7) is 6.46. The molecule has 0 aliphatic rings. The van der Waals surface area contributed by atoms with Gasteiger partial charge in [-0.25, -0.2) is 0 Å². The number of rotatable bonds is 7. The second-order valence-electron chi connectivity index (χ2n) is 3.58. The minimum absolute atomic E-state index is 0.725. The smallest absolute Gasteiger partial charge is 0.00235 e. The number of nitrogens with two attached hydrogens (primary N) is 1. The molecule has 0 spiro atoms. The first-order chi connectivity index (χ1) is 5.78. The van der Waals surface area contributed by atoms with E-state index in [9.17, 15) is 0 Å². The van der Waals surface area contributed by atoms with Crippen molar-refractivity contribution in [1.29, 1.82) is 0 Å². The molecule has 0 rings (SSSR count). The fraction of sp³-hybridized carbons (Fsp3) is 1.00. The molecule has 12 heavy (non-hydrogen) atoms. The second kappa shape index (κ2) is 7.56. The highest BCUT2D eigenvalue weighted by Crippen LogP contribution is 2.16. The van der Waals surface area contributed by atoms with Crippen molar-refractivity contribution >= 4 is 0 Å². The van der Waals surface area contributed by atoms with Gasteiger partial charge in [-0.15, -0.1) is 0 Å². The van der Waals surface area contributed by atoms with Crippen molar-refractivity contribution in [2.45, 2.75) is 33.1 Å². The average Bonchev–Trinajstić information content (AvgIpc) is 2.12. The van der Waals surface area contributed by atoms with Gasteiger partial charge in [0, 0.05) is 0 Å². The van der Waals surface area contributed by atoms with Gasteiger partial charge in [0.1, 0.15) is 0 Å². The van der Waals surface area contributed by atoms with E-state index in [0.717, 1.165) is 24.9 Å². The van der Waals surface area contributed by atoms with Crippen LogP contribution in [0.3, 0.4) is 0 Å². The molecule has 0 heterocycles. The van der Waals surface area contributed by atoms with E-state index in [-0.39, 0.29) is 0 Å². The number of hydrogen-bond acceptors (Lipinski definition) is 2. The molecule has 0 aromatic rings. The molecule has 0 bridgehead atoms. The van der Waals surface area contributed by atoms with Crippen LogP contribution in [0.15, 0.2) is 0 Å². The van der Waals surface area contributed by atoms with Crippen LogP contribution in [-0.4, -0.2) is 20.1 Å². The molecule has 2 heteroatoms. The Bertz CT molecular complexity index is 89.8. The van der Waals surface area contributed by atoms with Crippen molar-refractivity contribution < 1.29 is 0 Å². The SMILES string of the molecule is CCC(CN)CC(CC)CNC. The van der Waals surface area contributed by atoms with E-state index in [2.05, 4.69) is 19.2 Å². The fourth-order valence-corrected chi connectivity index (χ4v) is 1.58. The molecular weight excluding hydrogens is 148 g/mol. The molecule has 3 N–H and O–H groups in total. The van der Waals surface area contributed by atoms with Gasteiger partial charge in [0.15, 0.2) is 0 Å². The van der Waals surface area contributed by atoms with Crippen LogP contribution >= 0.6 is 0 Å². The molecule has 0 aliphatic carbocycles. The van der Waals surface area contributed by atoms with Crippen LogP contribution in [0.25, 0.3) is 0 Å². The fourth-order valence-electron chi connectivity index (χ4n) is 1.58. The van der Waals surface area contributed by atoms with E-state index < -0.39 is 0 Å². The van der Waals surface area contributed by atoms with E-state index in [4.69, 9.17) is 5.73 Å². The van der Waals surface area contributed by atoms with Crippen molar-refractivity contribution in [3.05, 3.63) is 0 Å². The Morgan fingerprint density at radius 1 is 1.17 bits per heavy atom. The van der Waals surface area contributed by atoms with Gasteiger partial charge in [-0.1, -0.05) is 26.7 Å². The standard InChI is InChI=1S/C10H24N2/c1-4-9(7-11)6-10(5-2)8-12-3/h9-10,12H,4-8,11H2,1-3H3. The summed E-state index contributed by atoms with van der Waals surface area (Å²) in [5, 5.41) is 3.23. The highest BCUT2D eigenvalue weighted by atomic mass is 14.8. The van der Waals surface area contributed by atoms with Crippen LogP contribution in [0.4, 0.5) is 0 Å². The largest absolute Gasteiger partial charge is 0.330 e. The lowest BCUT2D eigenvalue weighted by Gasteiger charge is -2.19. The minimum Gasteiger partial charge on any atom is -0.330 e. The Morgan fingerprint density at radius 2 is 1.75 bits per heavy atom. The summed E-state index contributed by atoms with van der Waals surface area (Å²) < 4.78 is 0. The first-order valence-corrected chi connectivity index (χ1v) is 5.13. The molecule has 0 saturated carbocycles. The van der Waals surface area contributed by atoms with Gasteiger partial charge in [0.25, 0.3) is 0 Å². The topological polar surface area (TPSA) is 38.0 Å². The Kier molecular flexibility index (Phi) is 7.51. The summed E-state index contributed by atoms with van der Waals surface area (Å²) in [6, 6.07) is 0.